The fourth-order valence-corrected chi connectivity index (χ4v) is 1.80. The van der Waals surface area contributed by atoms with Gasteiger partial charge in [-0.1, -0.05) is 11.3 Å². The van der Waals surface area contributed by atoms with E-state index < -0.39 is 29.2 Å². The van der Waals surface area contributed by atoms with Gasteiger partial charge in [-0.25, -0.2) is 4.39 Å². The second kappa shape index (κ2) is 5.04. The molecule has 0 spiro atoms. The van der Waals surface area contributed by atoms with Crippen LogP contribution in [-0.2, 0) is 6.18 Å². The lowest BCUT2D eigenvalue weighted by atomic mass is 10.2. The normalized spacial score (nSPS) is 11.4. The molecule has 1 aromatic carbocycles. The Morgan fingerprint density at radius 2 is 2.00 bits per heavy atom. The summed E-state index contributed by atoms with van der Waals surface area (Å²) >= 11 is 0.730. The number of carbonyl (C=O) groups is 1. The first-order valence-electron chi connectivity index (χ1n) is 5.04. The topological polar surface area (TPSA) is 80.9 Å². The van der Waals surface area contributed by atoms with Crippen LogP contribution in [0.4, 0.5) is 28.4 Å². The summed E-state index contributed by atoms with van der Waals surface area (Å²) in [5, 5.41) is 8.59. The second-order valence-electron chi connectivity index (χ2n) is 3.59. The van der Waals surface area contributed by atoms with Crippen LogP contribution in [0, 0.1) is 5.82 Å². The zero-order valence-corrected chi connectivity index (χ0v) is 10.3. The Bertz CT molecular complexity index is 655. The van der Waals surface area contributed by atoms with E-state index in [1.807, 2.05) is 5.32 Å². The van der Waals surface area contributed by atoms with Crippen LogP contribution < -0.4 is 11.1 Å². The molecular formula is C10H6F4N4OS. The minimum Gasteiger partial charge on any atom is -0.374 e. The molecule has 5 nitrogen and oxygen atoms in total. The number of anilines is 2. The Kier molecular flexibility index (Phi) is 3.57. The average Bonchev–Trinajstić information content (AvgIpc) is 2.77. The predicted octanol–water partition coefficient (Wildman–Crippen LogP) is 2.53. The van der Waals surface area contributed by atoms with Gasteiger partial charge in [-0.3, -0.25) is 4.79 Å². The van der Waals surface area contributed by atoms with Crippen molar-refractivity contribution >= 4 is 28.1 Å². The highest BCUT2D eigenvalue weighted by molar-refractivity contribution is 7.16. The Morgan fingerprint density at radius 1 is 1.30 bits per heavy atom. The number of halogens is 4. The number of nitrogens with one attached hydrogen (secondary N) is 1. The van der Waals surface area contributed by atoms with Crippen LogP contribution in [0.3, 0.4) is 0 Å². The molecule has 2 rings (SSSR count). The number of aromatic nitrogens is 2. The van der Waals surface area contributed by atoms with Crippen molar-refractivity contribution in [2.75, 3.05) is 11.1 Å². The Labute approximate surface area is 113 Å². The molecule has 20 heavy (non-hydrogen) atoms. The standard InChI is InChI=1S/C10H6F4N4OS/c11-5-2-1-4(10(12,13)14)3-6(5)16-7(19)8-17-18-9(15)20-8/h1-3H,(H2,15,18)(H,16,19). The third kappa shape index (κ3) is 3.02. The van der Waals surface area contributed by atoms with E-state index in [4.69, 9.17) is 5.73 Å². The average molecular weight is 306 g/mol. The van der Waals surface area contributed by atoms with Crippen LogP contribution in [0.5, 0.6) is 0 Å². The molecule has 1 heterocycles. The highest BCUT2D eigenvalue weighted by atomic mass is 32.1. The number of benzene rings is 1. The van der Waals surface area contributed by atoms with Gasteiger partial charge >= 0.3 is 6.18 Å². The summed E-state index contributed by atoms with van der Waals surface area (Å²) in [6, 6.07) is 1.69. The lowest BCUT2D eigenvalue weighted by Gasteiger charge is -2.10. The Balaban J connectivity index is 2.27. The van der Waals surface area contributed by atoms with Gasteiger partial charge in [0.1, 0.15) is 5.82 Å². The molecule has 0 aliphatic heterocycles. The summed E-state index contributed by atoms with van der Waals surface area (Å²) in [7, 11) is 0. The molecule has 3 N–H and O–H groups in total. The summed E-state index contributed by atoms with van der Waals surface area (Å²) in [6.45, 7) is 0. The number of nitrogen functional groups attached to an aromatic ring is 1. The molecule has 0 saturated carbocycles. The third-order valence-corrected chi connectivity index (χ3v) is 2.93. The van der Waals surface area contributed by atoms with Crippen LogP contribution in [-0.4, -0.2) is 16.1 Å². The molecule has 0 radical (unpaired) electrons. The molecule has 1 aromatic heterocycles. The fraction of sp³-hybridized carbons (Fsp3) is 0.100. The number of carbonyl (C=O) groups excluding carboxylic acids is 1. The third-order valence-electron chi connectivity index (χ3n) is 2.18. The molecule has 2 aromatic rings. The van der Waals surface area contributed by atoms with Crippen molar-refractivity contribution in [3.8, 4) is 0 Å². The molecule has 0 atom stereocenters. The molecule has 0 aliphatic rings. The maximum absolute atomic E-state index is 13.4. The number of hydrogen-bond acceptors (Lipinski definition) is 5. The maximum Gasteiger partial charge on any atom is 0.416 e. The van der Waals surface area contributed by atoms with E-state index in [-0.39, 0.29) is 10.1 Å². The summed E-state index contributed by atoms with van der Waals surface area (Å²) in [6.07, 6.45) is -4.64. The minimum atomic E-state index is -4.64. The van der Waals surface area contributed by atoms with Gasteiger partial charge in [-0.2, -0.15) is 13.2 Å². The number of nitrogens with zero attached hydrogens (tertiary/aromatic N) is 2. The van der Waals surface area contributed by atoms with Crippen molar-refractivity contribution in [3.63, 3.8) is 0 Å². The van der Waals surface area contributed by atoms with E-state index in [9.17, 15) is 22.4 Å². The zero-order chi connectivity index (χ0) is 14.9. The van der Waals surface area contributed by atoms with E-state index in [2.05, 4.69) is 10.2 Å². The number of alkyl halides is 3. The maximum atomic E-state index is 13.4. The van der Waals surface area contributed by atoms with E-state index in [1.54, 1.807) is 0 Å². The monoisotopic (exact) mass is 306 g/mol. The second-order valence-corrected chi connectivity index (χ2v) is 4.60. The van der Waals surface area contributed by atoms with Gasteiger partial charge in [-0.05, 0) is 18.2 Å². The number of hydrogen-bond donors (Lipinski definition) is 2. The first-order valence-corrected chi connectivity index (χ1v) is 5.86. The van der Waals surface area contributed by atoms with Crippen molar-refractivity contribution in [1.82, 2.24) is 10.2 Å². The summed E-state index contributed by atoms with van der Waals surface area (Å²) < 4.78 is 50.9. The van der Waals surface area contributed by atoms with Gasteiger partial charge in [0.2, 0.25) is 10.1 Å². The zero-order valence-electron chi connectivity index (χ0n) is 9.53. The Morgan fingerprint density at radius 3 is 2.55 bits per heavy atom. The first-order chi connectivity index (χ1) is 9.27. The van der Waals surface area contributed by atoms with E-state index in [1.165, 1.54) is 0 Å². The fourth-order valence-electron chi connectivity index (χ4n) is 1.30. The lowest BCUT2D eigenvalue weighted by molar-refractivity contribution is -0.137. The lowest BCUT2D eigenvalue weighted by Crippen LogP contribution is -2.14. The van der Waals surface area contributed by atoms with Crippen molar-refractivity contribution in [2.24, 2.45) is 0 Å². The van der Waals surface area contributed by atoms with Gasteiger partial charge in [0.25, 0.3) is 5.91 Å². The van der Waals surface area contributed by atoms with Gasteiger partial charge in [0.05, 0.1) is 11.3 Å². The van der Waals surface area contributed by atoms with Crippen LogP contribution in [0.2, 0.25) is 0 Å². The van der Waals surface area contributed by atoms with Gasteiger partial charge in [-0.15, -0.1) is 10.2 Å². The van der Waals surface area contributed by atoms with E-state index in [0.717, 1.165) is 11.3 Å². The number of amides is 1. The molecule has 0 fully saturated rings. The molecule has 0 unspecified atom stereocenters. The number of nitrogens with two attached hydrogens (primary N) is 1. The minimum absolute atomic E-state index is 0.0136. The smallest absolute Gasteiger partial charge is 0.374 e. The largest absolute Gasteiger partial charge is 0.416 e. The summed E-state index contributed by atoms with van der Waals surface area (Å²) in [4.78, 5) is 11.6. The van der Waals surface area contributed by atoms with Gasteiger partial charge < -0.3 is 11.1 Å². The van der Waals surface area contributed by atoms with Crippen LogP contribution in [0.15, 0.2) is 18.2 Å². The van der Waals surface area contributed by atoms with Crippen LogP contribution >= 0.6 is 11.3 Å². The summed E-state index contributed by atoms with van der Waals surface area (Å²) in [5.41, 5.74) is 3.59. The SMILES string of the molecule is Nc1nnc(C(=O)Nc2cc(C(F)(F)F)ccc2F)s1. The predicted molar refractivity (Wildman–Crippen MR) is 63.7 cm³/mol. The van der Waals surface area contributed by atoms with Crippen molar-refractivity contribution in [1.29, 1.82) is 0 Å². The number of rotatable bonds is 2. The van der Waals surface area contributed by atoms with E-state index >= 15 is 0 Å². The van der Waals surface area contributed by atoms with Crippen molar-refractivity contribution in [2.45, 2.75) is 6.18 Å². The first kappa shape index (κ1) is 14.2. The molecular weight excluding hydrogens is 300 g/mol. The van der Waals surface area contributed by atoms with Crippen LogP contribution in [0.25, 0.3) is 0 Å². The van der Waals surface area contributed by atoms with Gasteiger partial charge in [0, 0.05) is 0 Å². The van der Waals surface area contributed by atoms with Crippen molar-refractivity contribution in [3.05, 3.63) is 34.6 Å². The van der Waals surface area contributed by atoms with Crippen LogP contribution in [0.1, 0.15) is 15.4 Å². The highest BCUT2D eigenvalue weighted by Crippen LogP contribution is 2.32. The molecule has 0 aliphatic carbocycles. The van der Waals surface area contributed by atoms with Crippen molar-refractivity contribution < 1.29 is 22.4 Å². The molecule has 106 valence electrons. The van der Waals surface area contributed by atoms with Gasteiger partial charge in [0.15, 0.2) is 0 Å². The van der Waals surface area contributed by atoms with E-state index in [0.29, 0.717) is 18.2 Å². The summed E-state index contributed by atoms with van der Waals surface area (Å²) in [5.74, 6) is -1.89. The molecule has 1 amide bonds. The molecule has 10 heteroatoms. The molecule has 0 saturated heterocycles. The highest BCUT2D eigenvalue weighted by Gasteiger charge is 2.31. The quantitative estimate of drug-likeness (QED) is 0.835. The Hall–Kier alpha value is -2.23. The molecule has 0 bridgehead atoms.